The van der Waals surface area contributed by atoms with Crippen LogP contribution in [0, 0.1) is 36.9 Å². The summed E-state index contributed by atoms with van der Waals surface area (Å²) in [6.45, 7) is 3.79. The summed E-state index contributed by atoms with van der Waals surface area (Å²) >= 11 is 1.59. The van der Waals surface area contributed by atoms with Gasteiger partial charge in [0, 0.05) is 9.79 Å². The molecule has 104 valence electrons. The fourth-order valence-corrected chi connectivity index (χ4v) is 2.85. The molecule has 2 aromatic carbocycles. The van der Waals surface area contributed by atoms with Crippen molar-refractivity contribution in [3.05, 3.63) is 47.5 Å². The molecule has 0 aromatic heterocycles. The minimum absolute atomic E-state index is 0.566. The first-order chi connectivity index (χ1) is 10.1. The largest absolute Gasteiger partial charge is 0.388 e. The second kappa shape index (κ2) is 6.69. The van der Waals surface area contributed by atoms with Crippen LogP contribution in [-0.2, 0) is 0 Å². The Hall–Kier alpha value is -2.63. The van der Waals surface area contributed by atoms with E-state index >= 15 is 0 Å². The fourth-order valence-electron chi connectivity index (χ4n) is 1.83. The second-order valence-electron chi connectivity index (χ2n) is 4.34. The molecule has 5 heteroatoms. The molecule has 0 fully saturated rings. The zero-order chi connectivity index (χ0) is 15.2. The monoisotopic (exact) mass is 296 g/mol. The average molecular weight is 296 g/mol. The van der Waals surface area contributed by atoms with E-state index in [0.717, 1.165) is 20.9 Å². The Bertz CT molecular complexity index is 681. The van der Waals surface area contributed by atoms with Crippen LogP contribution < -0.4 is 9.47 Å². The predicted molar refractivity (Wildman–Crippen MR) is 79.0 cm³/mol. The number of hydrogen-bond acceptors (Lipinski definition) is 5. The molecule has 0 spiro atoms. The smallest absolute Gasteiger partial charge is 0.292 e. The number of nitrogens with zero attached hydrogens (tertiary/aromatic N) is 2. The maximum Gasteiger partial charge on any atom is 0.292 e. The maximum absolute atomic E-state index is 8.54. The van der Waals surface area contributed by atoms with E-state index in [-0.39, 0.29) is 0 Å². The molecule has 21 heavy (non-hydrogen) atoms. The van der Waals surface area contributed by atoms with Crippen LogP contribution in [0.25, 0.3) is 0 Å². The lowest BCUT2D eigenvalue weighted by molar-refractivity contribution is 0.502. The highest BCUT2D eigenvalue weighted by Gasteiger charge is 2.05. The standard InChI is InChI=1S/C16H12N2O2S/c1-11-7-13(3-5-15(11)19-9-17)21-14-4-6-16(20-10-18)12(2)8-14/h3-8H,1-2H3. The number of benzene rings is 2. The molecule has 0 heterocycles. The Labute approximate surface area is 127 Å². The highest BCUT2D eigenvalue weighted by molar-refractivity contribution is 7.99. The predicted octanol–water partition coefficient (Wildman–Crippen LogP) is 4.17. The van der Waals surface area contributed by atoms with Crippen molar-refractivity contribution in [2.45, 2.75) is 23.6 Å². The molecule has 2 aromatic rings. The summed E-state index contributed by atoms with van der Waals surface area (Å²) in [6, 6.07) is 11.3. The van der Waals surface area contributed by atoms with Crippen LogP contribution in [0.1, 0.15) is 11.1 Å². The van der Waals surface area contributed by atoms with E-state index < -0.39 is 0 Å². The lowest BCUT2D eigenvalue weighted by Crippen LogP contribution is -1.88. The highest BCUT2D eigenvalue weighted by atomic mass is 32.2. The van der Waals surface area contributed by atoms with E-state index in [0.29, 0.717) is 11.5 Å². The lowest BCUT2D eigenvalue weighted by atomic mass is 10.2. The summed E-state index contributed by atoms with van der Waals surface area (Å²) in [6.07, 6.45) is 3.35. The molecule has 0 saturated heterocycles. The quantitative estimate of drug-likeness (QED) is 0.792. The van der Waals surface area contributed by atoms with Crippen LogP contribution in [-0.4, -0.2) is 0 Å². The number of ether oxygens (including phenoxy) is 2. The number of nitriles is 2. The van der Waals surface area contributed by atoms with Crippen molar-refractivity contribution >= 4 is 11.8 Å². The first-order valence-corrected chi connectivity index (χ1v) is 6.96. The zero-order valence-electron chi connectivity index (χ0n) is 11.6. The molecule has 0 aliphatic carbocycles. The van der Waals surface area contributed by atoms with Crippen molar-refractivity contribution in [1.29, 1.82) is 10.5 Å². The van der Waals surface area contributed by atoms with Gasteiger partial charge in [-0.05, 0) is 61.4 Å². The van der Waals surface area contributed by atoms with Crippen LogP contribution in [0.3, 0.4) is 0 Å². The minimum Gasteiger partial charge on any atom is -0.388 e. The van der Waals surface area contributed by atoms with E-state index in [1.165, 1.54) is 0 Å². The van der Waals surface area contributed by atoms with E-state index in [9.17, 15) is 0 Å². The summed E-state index contributed by atoms with van der Waals surface area (Å²) in [5.74, 6) is 1.13. The molecule has 4 nitrogen and oxygen atoms in total. The molecule has 0 aliphatic heterocycles. The third kappa shape index (κ3) is 3.68. The van der Waals surface area contributed by atoms with Gasteiger partial charge in [0.05, 0.1) is 0 Å². The van der Waals surface area contributed by atoms with E-state index in [1.807, 2.05) is 38.1 Å². The van der Waals surface area contributed by atoms with Crippen molar-refractivity contribution in [3.63, 3.8) is 0 Å². The molecule has 0 aliphatic rings. The van der Waals surface area contributed by atoms with Crippen LogP contribution in [0.5, 0.6) is 11.5 Å². The number of rotatable bonds is 4. The van der Waals surface area contributed by atoms with Gasteiger partial charge in [-0.2, -0.15) is 0 Å². The van der Waals surface area contributed by atoms with Crippen LogP contribution in [0.2, 0.25) is 0 Å². The number of hydrogen-bond donors (Lipinski definition) is 0. The topological polar surface area (TPSA) is 66.0 Å². The van der Waals surface area contributed by atoms with Crippen molar-refractivity contribution in [1.82, 2.24) is 0 Å². The lowest BCUT2D eigenvalue weighted by Gasteiger charge is -2.07. The van der Waals surface area contributed by atoms with Gasteiger partial charge in [0.2, 0.25) is 0 Å². The van der Waals surface area contributed by atoms with E-state index in [2.05, 4.69) is 0 Å². The molecule has 0 N–H and O–H groups in total. The maximum atomic E-state index is 8.54. The first kappa shape index (κ1) is 14.8. The summed E-state index contributed by atoms with van der Waals surface area (Å²) in [5.41, 5.74) is 1.81. The molecule has 0 amide bonds. The summed E-state index contributed by atoms with van der Waals surface area (Å²) in [5, 5.41) is 17.1. The third-order valence-electron chi connectivity index (χ3n) is 2.84. The van der Waals surface area contributed by atoms with Crippen LogP contribution >= 0.6 is 11.8 Å². The van der Waals surface area contributed by atoms with Crippen molar-refractivity contribution in [2.75, 3.05) is 0 Å². The molecule has 0 bridgehead atoms. The highest BCUT2D eigenvalue weighted by Crippen LogP contribution is 2.33. The van der Waals surface area contributed by atoms with E-state index in [1.54, 1.807) is 36.4 Å². The SMILES string of the molecule is Cc1cc(Sc2ccc(OC#N)c(C)c2)ccc1OC#N. The summed E-state index contributed by atoms with van der Waals surface area (Å²) < 4.78 is 9.71. The molecular formula is C16H12N2O2S. The summed E-state index contributed by atoms with van der Waals surface area (Å²) in [4.78, 5) is 2.09. The first-order valence-electron chi connectivity index (χ1n) is 6.15. The molecule has 0 unspecified atom stereocenters. The fraction of sp³-hybridized carbons (Fsp3) is 0.125. The Morgan fingerprint density at radius 1 is 0.810 bits per heavy atom. The van der Waals surface area contributed by atoms with Gasteiger partial charge in [0.1, 0.15) is 11.5 Å². The minimum atomic E-state index is 0.566. The van der Waals surface area contributed by atoms with Crippen LogP contribution in [0.15, 0.2) is 46.2 Å². The van der Waals surface area contributed by atoms with Gasteiger partial charge in [0.15, 0.2) is 0 Å². The number of aryl methyl sites for hydroxylation is 2. The molecule has 0 saturated carbocycles. The zero-order valence-corrected chi connectivity index (χ0v) is 12.4. The molecule has 2 rings (SSSR count). The van der Waals surface area contributed by atoms with Gasteiger partial charge >= 0.3 is 0 Å². The molecule has 0 atom stereocenters. The third-order valence-corrected chi connectivity index (χ3v) is 3.82. The molecule has 0 radical (unpaired) electrons. The second-order valence-corrected chi connectivity index (χ2v) is 5.49. The van der Waals surface area contributed by atoms with Crippen molar-refractivity contribution < 1.29 is 9.47 Å². The summed E-state index contributed by atoms with van der Waals surface area (Å²) in [7, 11) is 0. The van der Waals surface area contributed by atoms with E-state index in [4.69, 9.17) is 20.0 Å². The van der Waals surface area contributed by atoms with Crippen LogP contribution in [0.4, 0.5) is 0 Å². The Morgan fingerprint density at radius 3 is 1.57 bits per heavy atom. The van der Waals surface area contributed by atoms with Gasteiger partial charge in [-0.15, -0.1) is 10.5 Å². The average Bonchev–Trinajstić information content (AvgIpc) is 2.45. The van der Waals surface area contributed by atoms with Gasteiger partial charge < -0.3 is 9.47 Å². The van der Waals surface area contributed by atoms with Gasteiger partial charge in [0.25, 0.3) is 12.5 Å². The van der Waals surface area contributed by atoms with Gasteiger partial charge in [-0.3, -0.25) is 0 Å². The van der Waals surface area contributed by atoms with Crippen molar-refractivity contribution in [2.24, 2.45) is 0 Å². The van der Waals surface area contributed by atoms with Crippen molar-refractivity contribution in [3.8, 4) is 24.0 Å². The van der Waals surface area contributed by atoms with Gasteiger partial charge in [-0.1, -0.05) is 11.8 Å². The molecular weight excluding hydrogens is 284 g/mol. The Kier molecular flexibility index (Phi) is 4.71. The normalized spacial score (nSPS) is 9.52. The van der Waals surface area contributed by atoms with Gasteiger partial charge in [-0.25, -0.2) is 0 Å². The Balaban J connectivity index is 2.19. The Morgan fingerprint density at radius 2 is 1.24 bits per heavy atom.